The summed E-state index contributed by atoms with van der Waals surface area (Å²) in [5.74, 6) is 0. The molecule has 1 aromatic rings. The normalized spacial score (nSPS) is 17.8. The number of hydrogen-bond acceptors (Lipinski definition) is 3. The number of nitrogen functional groups attached to an aromatic ring is 1. The summed E-state index contributed by atoms with van der Waals surface area (Å²) in [4.78, 5) is 2.35. The summed E-state index contributed by atoms with van der Waals surface area (Å²) in [6.07, 6.45) is 2.59. The van der Waals surface area contributed by atoms with Crippen molar-refractivity contribution < 1.29 is 4.74 Å². The van der Waals surface area contributed by atoms with E-state index in [1.54, 1.807) is 7.11 Å². The van der Waals surface area contributed by atoms with Gasteiger partial charge in [-0.1, -0.05) is 0 Å². The molecular formula is C12H17IN2O. The number of methoxy groups -OCH3 is 1. The van der Waals surface area contributed by atoms with Gasteiger partial charge in [-0.25, -0.2) is 0 Å². The zero-order valence-electron chi connectivity index (χ0n) is 9.45. The summed E-state index contributed by atoms with van der Waals surface area (Å²) in [7, 11) is 1.79. The van der Waals surface area contributed by atoms with Gasteiger partial charge in [-0.3, -0.25) is 0 Å². The first-order chi connectivity index (χ1) is 7.70. The number of hydrogen-bond donors (Lipinski definition) is 1. The minimum atomic E-state index is 0.418. The topological polar surface area (TPSA) is 38.5 Å². The van der Waals surface area contributed by atoms with Crippen molar-refractivity contribution in [2.45, 2.75) is 18.9 Å². The Morgan fingerprint density at radius 1 is 1.38 bits per heavy atom. The van der Waals surface area contributed by atoms with Crippen molar-refractivity contribution >= 4 is 34.0 Å². The van der Waals surface area contributed by atoms with Gasteiger partial charge in [-0.05, 0) is 53.6 Å². The third-order valence-corrected chi connectivity index (χ3v) is 3.78. The minimum absolute atomic E-state index is 0.418. The van der Waals surface area contributed by atoms with E-state index in [9.17, 15) is 0 Å². The highest BCUT2D eigenvalue weighted by Crippen LogP contribution is 2.28. The predicted octanol–water partition coefficient (Wildman–Crippen LogP) is 2.49. The summed E-state index contributed by atoms with van der Waals surface area (Å²) in [5, 5.41) is 0. The number of ether oxygens (including phenoxy) is 1. The summed E-state index contributed by atoms with van der Waals surface area (Å²) >= 11 is 2.28. The van der Waals surface area contributed by atoms with Crippen LogP contribution in [0, 0.1) is 3.57 Å². The van der Waals surface area contributed by atoms with Crippen molar-refractivity contribution in [3.05, 3.63) is 21.8 Å². The maximum Gasteiger partial charge on any atom is 0.0605 e. The third kappa shape index (κ3) is 2.60. The van der Waals surface area contributed by atoms with Gasteiger partial charge in [0.05, 0.1) is 17.5 Å². The Bertz CT molecular complexity index is 362. The molecule has 1 aliphatic rings. The quantitative estimate of drug-likeness (QED) is 0.668. The molecule has 1 aliphatic heterocycles. The number of benzene rings is 1. The molecule has 0 amide bonds. The molecule has 1 aromatic carbocycles. The Labute approximate surface area is 110 Å². The molecule has 88 valence electrons. The molecule has 3 nitrogen and oxygen atoms in total. The molecule has 0 saturated carbocycles. The first kappa shape index (κ1) is 12.0. The van der Waals surface area contributed by atoms with Gasteiger partial charge in [0.2, 0.25) is 0 Å². The van der Waals surface area contributed by atoms with Gasteiger partial charge in [0, 0.05) is 23.8 Å². The van der Waals surface area contributed by atoms with E-state index < -0.39 is 0 Å². The molecule has 0 spiro atoms. The second-order valence-electron chi connectivity index (χ2n) is 4.13. The largest absolute Gasteiger partial charge is 0.397 e. The molecular weight excluding hydrogens is 315 g/mol. The van der Waals surface area contributed by atoms with Crippen LogP contribution in [-0.2, 0) is 4.74 Å². The summed E-state index contributed by atoms with van der Waals surface area (Å²) in [5.41, 5.74) is 8.08. The van der Waals surface area contributed by atoms with Crippen LogP contribution in [0.2, 0.25) is 0 Å². The fraction of sp³-hybridized carbons (Fsp3) is 0.500. The van der Waals surface area contributed by atoms with Crippen LogP contribution < -0.4 is 10.6 Å². The van der Waals surface area contributed by atoms with Crippen LogP contribution in [0.1, 0.15) is 12.8 Å². The zero-order chi connectivity index (χ0) is 11.5. The molecule has 0 unspecified atom stereocenters. The first-order valence-corrected chi connectivity index (χ1v) is 6.61. The highest BCUT2D eigenvalue weighted by atomic mass is 127. The Kier molecular flexibility index (Phi) is 3.91. The van der Waals surface area contributed by atoms with Crippen LogP contribution in [0.4, 0.5) is 11.4 Å². The highest BCUT2D eigenvalue weighted by molar-refractivity contribution is 14.1. The van der Waals surface area contributed by atoms with Gasteiger partial charge in [-0.2, -0.15) is 0 Å². The molecule has 2 rings (SSSR count). The monoisotopic (exact) mass is 332 g/mol. The van der Waals surface area contributed by atoms with Crippen molar-refractivity contribution in [3.63, 3.8) is 0 Å². The van der Waals surface area contributed by atoms with Crippen LogP contribution in [0.25, 0.3) is 0 Å². The van der Waals surface area contributed by atoms with Crippen molar-refractivity contribution in [1.29, 1.82) is 0 Å². The number of piperidine rings is 1. The van der Waals surface area contributed by atoms with Gasteiger partial charge in [0.25, 0.3) is 0 Å². The molecule has 0 radical (unpaired) electrons. The smallest absolute Gasteiger partial charge is 0.0605 e. The molecule has 0 aromatic heterocycles. The summed E-state index contributed by atoms with van der Waals surface area (Å²) < 4.78 is 6.55. The number of halogens is 1. The van der Waals surface area contributed by atoms with Crippen molar-refractivity contribution in [1.82, 2.24) is 0 Å². The Hall–Kier alpha value is -0.490. The Morgan fingerprint density at radius 3 is 2.62 bits per heavy atom. The minimum Gasteiger partial charge on any atom is -0.397 e. The van der Waals surface area contributed by atoms with E-state index >= 15 is 0 Å². The van der Waals surface area contributed by atoms with Gasteiger partial charge < -0.3 is 15.4 Å². The van der Waals surface area contributed by atoms with E-state index in [0.717, 1.165) is 37.3 Å². The van der Waals surface area contributed by atoms with Gasteiger partial charge in [-0.15, -0.1) is 0 Å². The number of anilines is 2. The van der Waals surface area contributed by atoms with Crippen LogP contribution in [0.5, 0.6) is 0 Å². The Balaban J connectivity index is 2.08. The van der Waals surface area contributed by atoms with E-state index in [0.29, 0.717) is 6.10 Å². The third-order valence-electron chi connectivity index (χ3n) is 3.11. The van der Waals surface area contributed by atoms with Crippen molar-refractivity contribution in [3.8, 4) is 0 Å². The second-order valence-corrected chi connectivity index (χ2v) is 5.37. The van der Waals surface area contributed by atoms with Crippen LogP contribution >= 0.6 is 22.6 Å². The first-order valence-electron chi connectivity index (χ1n) is 5.53. The number of nitrogens with zero attached hydrogens (tertiary/aromatic N) is 1. The zero-order valence-corrected chi connectivity index (χ0v) is 11.6. The second kappa shape index (κ2) is 5.23. The molecule has 1 heterocycles. The lowest BCUT2D eigenvalue weighted by atomic mass is 10.1. The van der Waals surface area contributed by atoms with Gasteiger partial charge >= 0.3 is 0 Å². The van der Waals surface area contributed by atoms with Crippen LogP contribution in [-0.4, -0.2) is 26.3 Å². The van der Waals surface area contributed by atoms with Crippen LogP contribution in [0.3, 0.4) is 0 Å². The Morgan fingerprint density at radius 2 is 2.06 bits per heavy atom. The SMILES string of the molecule is COC1CCN(c2ccc(I)cc2N)CC1. The lowest BCUT2D eigenvalue weighted by Gasteiger charge is -2.33. The lowest BCUT2D eigenvalue weighted by Crippen LogP contribution is -2.37. The molecule has 1 saturated heterocycles. The number of rotatable bonds is 2. The van der Waals surface area contributed by atoms with Crippen molar-refractivity contribution in [2.24, 2.45) is 0 Å². The van der Waals surface area contributed by atoms with Gasteiger partial charge in [0.1, 0.15) is 0 Å². The van der Waals surface area contributed by atoms with Crippen LogP contribution in [0.15, 0.2) is 18.2 Å². The fourth-order valence-electron chi connectivity index (χ4n) is 2.15. The summed E-state index contributed by atoms with van der Waals surface area (Å²) in [6.45, 7) is 2.06. The molecule has 2 N–H and O–H groups in total. The van der Waals surface area contributed by atoms with E-state index in [4.69, 9.17) is 10.5 Å². The molecule has 0 aliphatic carbocycles. The maximum absolute atomic E-state index is 6.04. The lowest BCUT2D eigenvalue weighted by molar-refractivity contribution is 0.0819. The predicted molar refractivity (Wildman–Crippen MR) is 75.8 cm³/mol. The van der Waals surface area contributed by atoms with E-state index in [1.165, 1.54) is 3.57 Å². The standard InChI is InChI=1S/C12H17IN2O/c1-16-10-4-6-15(7-5-10)12-3-2-9(13)8-11(12)14/h2-3,8,10H,4-7,14H2,1H3. The molecule has 0 atom stereocenters. The van der Waals surface area contributed by atoms with E-state index in [2.05, 4.69) is 39.6 Å². The van der Waals surface area contributed by atoms with E-state index in [-0.39, 0.29) is 0 Å². The molecule has 4 heteroatoms. The average Bonchev–Trinajstić information content (AvgIpc) is 2.29. The summed E-state index contributed by atoms with van der Waals surface area (Å²) in [6, 6.07) is 6.25. The maximum atomic E-state index is 6.04. The molecule has 0 bridgehead atoms. The van der Waals surface area contributed by atoms with E-state index in [1.807, 2.05) is 6.07 Å². The fourth-order valence-corrected chi connectivity index (χ4v) is 2.66. The number of nitrogens with two attached hydrogens (primary N) is 1. The molecule has 1 fully saturated rings. The van der Waals surface area contributed by atoms with Gasteiger partial charge in [0.15, 0.2) is 0 Å². The average molecular weight is 332 g/mol. The molecule has 16 heavy (non-hydrogen) atoms. The highest BCUT2D eigenvalue weighted by Gasteiger charge is 2.19. The van der Waals surface area contributed by atoms with Crippen molar-refractivity contribution in [2.75, 3.05) is 30.8 Å².